The highest BCUT2D eigenvalue weighted by atomic mass is 15.2. The minimum absolute atomic E-state index is 0.00554. The molecule has 0 spiro atoms. The number of fused-ring (bicyclic) bond motifs is 19. The van der Waals surface area contributed by atoms with Crippen molar-refractivity contribution in [2.45, 2.75) is 208 Å². The van der Waals surface area contributed by atoms with E-state index >= 15 is 0 Å². The number of benzene rings is 13. The number of hydrogen-bond acceptors (Lipinski definition) is 3. The van der Waals surface area contributed by atoms with Crippen molar-refractivity contribution >= 4 is 119 Å². The quantitative estimate of drug-likeness (QED) is 0.134. The average Bonchev–Trinajstić information content (AvgIpc) is 1.61. The van der Waals surface area contributed by atoms with Gasteiger partial charge in [-0.1, -0.05) is 295 Å². The fourth-order valence-electron chi connectivity index (χ4n) is 23.5. The highest BCUT2D eigenvalue weighted by Crippen LogP contribution is 2.59. The minimum Gasteiger partial charge on any atom is -0.311 e. The molecule has 0 radical (unpaired) electrons. The third kappa shape index (κ3) is 10.9. The van der Waals surface area contributed by atoms with Crippen LogP contribution in [0.5, 0.6) is 0 Å². The zero-order valence-corrected chi connectivity index (χ0v) is 74.8. The predicted molar refractivity (Wildman–Crippen MR) is 518 cm³/mol. The molecule has 598 valence electrons. The van der Waals surface area contributed by atoms with Crippen molar-refractivity contribution in [3.05, 3.63) is 327 Å². The van der Waals surface area contributed by atoms with Gasteiger partial charge >= 0.3 is 0 Å². The average molecular weight is 1570 g/mol. The van der Waals surface area contributed by atoms with Crippen LogP contribution in [0.25, 0.3) is 66.8 Å². The lowest BCUT2D eigenvalue weighted by Gasteiger charge is -2.44. The molecule has 5 nitrogen and oxygen atoms in total. The van der Waals surface area contributed by atoms with Crippen molar-refractivity contribution in [2.24, 2.45) is 0 Å². The topological polar surface area (TPSA) is 19.6 Å². The van der Waals surface area contributed by atoms with Crippen LogP contribution >= 0.6 is 0 Å². The summed E-state index contributed by atoms with van der Waals surface area (Å²) in [5.41, 5.74) is 49.0. The van der Waals surface area contributed by atoms with Crippen LogP contribution in [-0.2, 0) is 49.7 Å². The van der Waals surface area contributed by atoms with Crippen molar-refractivity contribution in [1.29, 1.82) is 0 Å². The highest BCUT2D eigenvalue weighted by molar-refractivity contribution is 7.01. The van der Waals surface area contributed by atoms with Crippen LogP contribution in [0.2, 0.25) is 0 Å². The zero-order valence-electron chi connectivity index (χ0n) is 74.8. The Hall–Kier alpha value is -11.5. The van der Waals surface area contributed by atoms with Crippen molar-refractivity contribution in [3.8, 4) is 45.0 Å². The van der Waals surface area contributed by atoms with Gasteiger partial charge in [-0.05, 0) is 267 Å². The Labute approximate surface area is 718 Å². The van der Waals surface area contributed by atoms with Crippen LogP contribution in [0, 0.1) is 13.8 Å². The molecule has 15 aromatic rings. The lowest BCUT2D eigenvalue weighted by molar-refractivity contribution is 0.332. The molecule has 2 aromatic heterocycles. The molecule has 6 heterocycles. The Balaban J connectivity index is 0.651. The van der Waals surface area contributed by atoms with Gasteiger partial charge in [-0.25, -0.2) is 0 Å². The van der Waals surface area contributed by atoms with Crippen LogP contribution in [0.1, 0.15) is 217 Å². The Morgan fingerprint density at radius 1 is 0.339 bits per heavy atom. The standard InChI is InChI=1S/C114H111B2N5/c1-67-58-95-101-97(60-67)120-104-82(99-105(120)79-28-22-24-32-84(79)113(99,18)19)31-27-35-91(104)116(101)89-54-51-78(65-94(89)118(95)77-50-52-86-87(64-77)111(14,15)57-56-110(86,12)13)117(75-46-40-71(41-47-75)107(3,4)5)76-48-42-72(43-49-76)112(16,17)66-69-36-38-70(39-37-69)83-62-73(108(6,7)8)45-55-92(83)119-93-63-74(109(9,10)11)44-53-88(93)115-90-34-26-30-81-100-106(80-29-23-25-33-85(80)114(100,20)21)121(103(81)90)98-61-68(2)59-96(119)102(98)115/h22-55,58-65H,56-57,66H2,1-21H3. The number of aromatic nitrogens is 2. The first-order valence-corrected chi connectivity index (χ1v) is 44.6. The number of hydrogen-bond donors (Lipinski definition) is 0. The van der Waals surface area contributed by atoms with Gasteiger partial charge in [0.2, 0.25) is 0 Å². The summed E-state index contributed by atoms with van der Waals surface area (Å²) in [6, 6.07) is 101. The normalized spacial score (nSPS) is 16.1. The molecule has 0 unspecified atom stereocenters. The maximum Gasteiger partial charge on any atom is 0.252 e. The summed E-state index contributed by atoms with van der Waals surface area (Å²) >= 11 is 0. The highest BCUT2D eigenvalue weighted by Gasteiger charge is 2.51. The number of para-hydroxylation sites is 2. The Morgan fingerprint density at radius 2 is 0.793 bits per heavy atom. The molecular weight excluding hydrogens is 1460 g/mol. The second-order valence-corrected chi connectivity index (χ2v) is 43.1. The second kappa shape index (κ2) is 25.3. The van der Waals surface area contributed by atoms with E-state index in [1.807, 2.05) is 0 Å². The van der Waals surface area contributed by atoms with Gasteiger partial charge in [0.1, 0.15) is 0 Å². The number of aryl methyl sites for hydroxylation is 2. The number of rotatable bonds is 9. The molecule has 13 aromatic carbocycles. The molecule has 22 rings (SSSR count). The van der Waals surface area contributed by atoms with Gasteiger partial charge in [-0.2, -0.15) is 0 Å². The summed E-state index contributed by atoms with van der Waals surface area (Å²) < 4.78 is 5.38. The van der Waals surface area contributed by atoms with E-state index in [1.54, 1.807) is 0 Å². The molecule has 0 atom stereocenters. The van der Waals surface area contributed by atoms with Gasteiger partial charge in [0.25, 0.3) is 13.4 Å². The van der Waals surface area contributed by atoms with Crippen LogP contribution in [0.3, 0.4) is 0 Å². The Bertz CT molecular complexity index is 6990. The zero-order chi connectivity index (χ0) is 84.0. The molecule has 7 aliphatic rings. The Kier molecular flexibility index (Phi) is 15.8. The van der Waals surface area contributed by atoms with Crippen molar-refractivity contribution in [2.75, 3.05) is 14.7 Å². The van der Waals surface area contributed by atoms with Crippen molar-refractivity contribution < 1.29 is 0 Å². The Morgan fingerprint density at radius 3 is 1.33 bits per heavy atom. The molecule has 0 bridgehead atoms. The van der Waals surface area contributed by atoms with Crippen molar-refractivity contribution in [1.82, 2.24) is 9.13 Å². The van der Waals surface area contributed by atoms with E-state index in [2.05, 4.69) is 424 Å². The SMILES string of the molecule is Cc1cc2c3c(c1)-n1c4c(c5cccc(c51)B3c1ccc(N(c3ccc(C(C)(C)C)cc3)c3ccc(C(C)(C)Cc5ccc(-c6cc(C(C)(C)C)ccc6N6c7cc(C(C)(C)C)ccc7B7c8c6cc(C)cc8-n6c8c(c9cccc7c96)C(C)(C)c6ccccc6-8)cc5)cc3)cc1N2c1ccc2c(c1)C(C)(C)CCC2(C)C)C(C)(C)c1ccccc1-4. The summed E-state index contributed by atoms with van der Waals surface area (Å²) in [5, 5.41) is 2.73. The van der Waals surface area contributed by atoms with Gasteiger partial charge in [0.15, 0.2) is 0 Å². The van der Waals surface area contributed by atoms with E-state index in [4.69, 9.17) is 0 Å². The number of nitrogens with zero attached hydrogens (tertiary/aromatic N) is 5. The first kappa shape index (κ1) is 75.7. The predicted octanol–water partition coefficient (Wildman–Crippen LogP) is 25.9. The lowest BCUT2D eigenvalue weighted by Crippen LogP contribution is -2.60. The maximum atomic E-state index is 2.70. The third-order valence-corrected chi connectivity index (χ3v) is 30.0. The molecule has 4 aliphatic heterocycles. The van der Waals surface area contributed by atoms with Crippen LogP contribution in [0.15, 0.2) is 255 Å². The first-order valence-electron chi connectivity index (χ1n) is 44.6. The second-order valence-electron chi connectivity index (χ2n) is 43.1. The summed E-state index contributed by atoms with van der Waals surface area (Å²) in [4.78, 5) is 7.88. The van der Waals surface area contributed by atoms with Crippen LogP contribution < -0.4 is 47.5 Å². The van der Waals surface area contributed by atoms with E-state index < -0.39 is 0 Å². The third-order valence-electron chi connectivity index (χ3n) is 30.0. The van der Waals surface area contributed by atoms with E-state index in [0.717, 1.165) is 36.3 Å². The smallest absolute Gasteiger partial charge is 0.252 e. The van der Waals surface area contributed by atoms with E-state index in [-0.39, 0.29) is 56.7 Å². The molecular formula is C114H111B2N5. The van der Waals surface area contributed by atoms with Gasteiger partial charge in [-0.15, -0.1) is 0 Å². The van der Waals surface area contributed by atoms with E-state index in [9.17, 15) is 0 Å². The fourth-order valence-corrected chi connectivity index (χ4v) is 23.5. The minimum atomic E-state index is -0.223. The summed E-state index contributed by atoms with van der Waals surface area (Å²) in [5.74, 6) is 0. The molecule has 0 amide bonds. The molecule has 3 aliphatic carbocycles. The first-order chi connectivity index (χ1) is 57.5. The summed E-state index contributed by atoms with van der Waals surface area (Å²) in [7, 11) is 0. The van der Waals surface area contributed by atoms with E-state index in [1.165, 1.54) is 206 Å². The molecule has 121 heavy (non-hydrogen) atoms. The lowest BCUT2D eigenvalue weighted by atomic mass is 9.33. The fraction of sp³-hybridized carbons (Fsp3) is 0.281. The van der Waals surface area contributed by atoms with Gasteiger partial charge in [-0.3, -0.25) is 0 Å². The molecule has 0 N–H and O–H groups in total. The van der Waals surface area contributed by atoms with Gasteiger partial charge in [0, 0.05) is 106 Å². The van der Waals surface area contributed by atoms with Gasteiger partial charge < -0.3 is 23.8 Å². The molecule has 0 saturated carbocycles. The van der Waals surface area contributed by atoms with Crippen LogP contribution in [0.4, 0.5) is 51.2 Å². The van der Waals surface area contributed by atoms with Crippen LogP contribution in [-0.4, -0.2) is 22.6 Å². The molecule has 0 fully saturated rings. The molecule has 7 heteroatoms. The maximum absolute atomic E-state index is 2.70. The van der Waals surface area contributed by atoms with Gasteiger partial charge in [0.05, 0.1) is 17.1 Å². The summed E-state index contributed by atoms with van der Waals surface area (Å²) in [6.07, 6.45) is 3.16. The number of anilines is 9. The largest absolute Gasteiger partial charge is 0.311 e. The van der Waals surface area contributed by atoms with E-state index in [0.29, 0.717) is 0 Å². The monoisotopic (exact) mass is 1570 g/mol. The van der Waals surface area contributed by atoms with Crippen molar-refractivity contribution in [3.63, 3.8) is 0 Å². The molecule has 0 saturated heterocycles. The summed E-state index contributed by atoms with van der Waals surface area (Å²) in [6.45, 7) is 50.3.